The van der Waals surface area contributed by atoms with Gasteiger partial charge in [0.05, 0.1) is 29.8 Å². The fourth-order valence-corrected chi connectivity index (χ4v) is 5.77. The van der Waals surface area contributed by atoms with Gasteiger partial charge in [-0.15, -0.1) is 0 Å². The third kappa shape index (κ3) is 7.63. The van der Waals surface area contributed by atoms with Crippen LogP contribution in [0.2, 0.25) is 0 Å². The van der Waals surface area contributed by atoms with Gasteiger partial charge in [-0.2, -0.15) is 0 Å². The van der Waals surface area contributed by atoms with E-state index in [1.54, 1.807) is 12.1 Å². The van der Waals surface area contributed by atoms with Crippen molar-refractivity contribution in [2.24, 2.45) is 0 Å². The van der Waals surface area contributed by atoms with Crippen LogP contribution in [0.25, 0.3) is 33.8 Å². The van der Waals surface area contributed by atoms with Gasteiger partial charge >= 0.3 is 32.6 Å². The summed E-state index contributed by atoms with van der Waals surface area (Å²) in [6.45, 7) is 6.31. The van der Waals surface area contributed by atoms with Crippen LogP contribution in [0.15, 0.2) is 133 Å². The third-order valence-corrected chi connectivity index (χ3v) is 8.25. The molecule has 9 nitrogen and oxygen atoms in total. The Balaban J connectivity index is 0.000000335. The van der Waals surface area contributed by atoms with Crippen molar-refractivity contribution in [3.8, 4) is 39.5 Å². The Bertz CT molecular complexity index is 1950. The molecule has 0 saturated heterocycles. The molecule has 0 radical (unpaired) electrons. The molecule has 0 N–H and O–H groups in total. The van der Waals surface area contributed by atoms with Crippen LogP contribution in [-0.4, -0.2) is 49.3 Å². The summed E-state index contributed by atoms with van der Waals surface area (Å²) >= 11 is 0. The molecule has 0 fully saturated rings. The maximum Gasteiger partial charge on any atom is 2.00 e. The number of hydrogen-bond acceptors (Lipinski definition) is 6. The van der Waals surface area contributed by atoms with Crippen LogP contribution in [0.5, 0.6) is 5.75 Å². The molecule has 0 unspecified atom stereocenters. The fraction of sp³-hybridized carbons (Fsp3) is 0.105. The number of ether oxygens (including phenoxy) is 1. The topological polar surface area (TPSA) is 103 Å². The second-order valence-corrected chi connectivity index (χ2v) is 11.5. The second-order valence-electron chi connectivity index (χ2n) is 11.5. The number of esters is 1. The molecule has 0 amide bonds. The average molecular weight is 700 g/mol. The van der Waals surface area contributed by atoms with E-state index in [0.717, 1.165) is 50.9 Å². The number of carbonyl (C=O) groups is 1. The standard InChI is InChI=1S/C30H28BN6.C8H8O3.Zn/c1-22-19-28(25-13-7-4-8-14-25)32-35(22)31(36-23(2)20-29(33-36)26-15-9-5-10-16-26)37-24(3)21-30(34-37)27-17-11-6-12-18-27;1-11-8(10)6-4-2-3-5-7(6)9;/h4-21,31H,1-3H3;2-5,9H,1H3;/q-1;;+2/p-1. The third-order valence-electron chi connectivity index (χ3n) is 8.25. The normalized spacial score (nSPS) is 10.6. The van der Waals surface area contributed by atoms with E-state index >= 15 is 0 Å². The SMILES string of the molecule is COC(=O)c1ccccc1[O-].Cc1cc(-c2ccccc2)nn1[BH-](n1nc(-c2ccccc2)cc1C)n1nc(-c2ccccc2)cc1C.[Zn+2]. The molecular weight excluding hydrogens is 665 g/mol. The maximum atomic E-state index is 10.9. The van der Waals surface area contributed by atoms with Crippen molar-refractivity contribution in [3.63, 3.8) is 0 Å². The summed E-state index contributed by atoms with van der Waals surface area (Å²) in [5, 5.41) is 26.3. The van der Waals surface area contributed by atoms with E-state index in [0.29, 0.717) is 0 Å². The first kappa shape index (κ1) is 34.8. The molecule has 3 aromatic heterocycles. The number of rotatable bonds is 7. The van der Waals surface area contributed by atoms with Gasteiger partial charge in [0.25, 0.3) is 0 Å². The molecule has 0 bridgehead atoms. The van der Waals surface area contributed by atoms with Crippen molar-refractivity contribution in [3.05, 3.63) is 156 Å². The van der Waals surface area contributed by atoms with Crippen molar-refractivity contribution >= 4 is 13.1 Å². The molecule has 7 rings (SSSR count). The van der Waals surface area contributed by atoms with Crippen molar-refractivity contribution in [2.75, 3.05) is 7.11 Å². The monoisotopic (exact) mass is 698 g/mol. The van der Waals surface area contributed by atoms with Crippen molar-refractivity contribution < 1.29 is 34.1 Å². The number of carbonyl (C=O) groups excluding carboxylic acids is 1. The first-order valence-electron chi connectivity index (χ1n) is 15.7. The quantitative estimate of drug-likeness (QED) is 0.141. The Kier molecular flexibility index (Phi) is 11.1. The van der Waals surface area contributed by atoms with Crippen molar-refractivity contribution in [1.82, 2.24) is 29.1 Å². The molecule has 240 valence electrons. The Morgan fingerprint density at radius 2 is 0.898 bits per heavy atom. The largest absolute Gasteiger partial charge is 2.00 e. The summed E-state index contributed by atoms with van der Waals surface area (Å²) in [6, 6.07) is 43.3. The van der Waals surface area contributed by atoms with Crippen LogP contribution < -0.4 is 5.11 Å². The van der Waals surface area contributed by atoms with E-state index in [1.165, 1.54) is 19.2 Å². The zero-order chi connectivity index (χ0) is 33.6. The maximum absolute atomic E-state index is 10.9. The van der Waals surface area contributed by atoms with Crippen LogP contribution in [0.4, 0.5) is 0 Å². The molecule has 4 aromatic carbocycles. The summed E-state index contributed by atoms with van der Waals surface area (Å²) < 4.78 is 10.7. The summed E-state index contributed by atoms with van der Waals surface area (Å²) in [5.74, 6) is -0.894. The van der Waals surface area contributed by atoms with E-state index in [1.807, 2.05) is 54.6 Å². The number of para-hydroxylation sites is 1. The molecule has 11 heteroatoms. The van der Waals surface area contributed by atoms with E-state index < -0.39 is 13.1 Å². The van der Waals surface area contributed by atoms with E-state index in [4.69, 9.17) is 15.3 Å². The predicted octanol–water partition coefficient (Wildman–Crippen LogP) is 6.41. The van der Waals surface area contributed by atoms with Crippen LogP contribution in [0, 0.1) is 20.8 Å². The minimum absolute atomic E-state index is 0. The van der Waals surface area contributed by atoms with Crippen molar-refractivity contribution in [2.45, 2.75) is 20.8 Å². The number of benzene rings is 4. The molecule has 7 aromatic rings. The van der Waals surface area contributed by atoms with Gasteiger partial charge in [-0.1, -0.05) is 115 Å². The smallest absolute Gasteiger partial charge is 0.872 e. The first-order chi connectivity index (χ1) is 23.3. The van der Waals surface area contributed by atoms with Gasteiger partial charge in [0.15, 0.2) is 0 Å². The summed E-state index contributed by atoms with van der Waals surface area (Å²) in [7, 11) is -0.310. The van der Waals surface area contributed by atoms with Gasteiger partial charge < -0.3 is 23.6 Å². The first-order valence-corrected chi connectivity index (χ1v) is 15.7. The molecule has 0 atom stereocenters. The Morgan fingerprint density at radius 1 is 0.571 bits per heavy atom. The number of hydrogen-bond donors (Lipinski definition) is 0. The molecule has 0 aliphatic rings. The van der Waals surface area contributed by atoms with Gasteiger partial charge in [-0.05, 0) is 62.1 Å². The van der Waals surface area contributed by atoms with E-state index in [-0.39, 0.29) is 30.8 Å². The summed E-state index contributed by atoms with van der Waals surface area (Å²) in [4.78, 5) is 10.8. The molecule has 0 saturated carbocycles. The predicted molar refractivity (Wildman–Crippen MR) is 188 cm³/mol. The van der Waals surface area contributed by atoms with Gasteiger partial charge in [0.1, 0.15) is 0 Å². The van der Waals surface area contributed by atoms with Crippen LogP contribution >= 0.6 is 0 Å². The molecular formula is C38H35BN6O3Zn. The van der Waals surface area contributed by atoms with Gasteiger partial charge in [-0.3, -0.25) is 0 Å². The Labute approximate surface area is 298 Å². The second kappa shape index (κ2) is 15.6. The van der Waals surface area contributed by atoms with E-state index in [9.17, 15) is 9.90 Å². The summed E-state index contributed by atoms with van der Waals surface area (Å²) in [5.41, 5.74) is 9.36. The Morgan fingerprint density at radius 3 is 1.22 bits per heavy atom. The minimum Gasteiger partial charge on any atom is -0.872 e. The zero-order valence-electron chi connectivity index (χ0n) is 28.0. The fourth-order valence-electron chi connectivity index (χ4n) is 5.77. The van der Waals surface area contributed by atoms with Gasteiger partial charge in [-0.25, -0.2) is 20.1 Å². The molecule has 0 aliphatic heterocycles. The zero-order valence-corrected chi connectivity index (χ0v) is 31.0. The van der Waals surface area contributed by atoms with Crippen LogP contribution in [0.1, 0.15) is 27.4 Å². The molecule has 3 heterocycles. The van der Waals surface area contributed by atoms with Crippen molar-refractivity contribution in [1.29, 1.82) is 0 Å². The number of nitrogens with zero attached hydrogens (tertiary/aromatic N) is 6. The van der Waals surface area contributed by atoms with Gasteiger partial charge in [0.2, 0.25) is 0 Å². The van der Waals surface area contributed by atoms with Crippen LogP contribution in [-0.2, 0) is 24.2 Å². The molecule has 49 heavy (non-hydrogen) atoms. The molecule has 0 spiro atoms. The number of aryl methyl sites for hydroxylation is 3. The number of aromatic nitrogens is 6. The molecule has 0 aliphatic carbocycles. The van der Waals surface area contributed by atoms with Gasteiger partial charge in [0, 0.05) is 16.7 Å². The summed E-state index contributed by atoms with van der Waals surface area (Å²) in [6.07, 6.45) is 0. The average Bonchev–Trinajstić information content (AvgIpc) is 3.83. The minimum atomic E-state index is -1.55. The number of methoxy groups -OCH3 is 1. The van der Waals surface area contributed by atoms with Crippen LogP contribution in [0.3, 0.4) is 0 Å². The van der Waals surface area contributed by atoms with E-state index in [2.05, 4.69) is 93.9 Å². The Hall–Kier alpha value is -5.53.